The van der Waals surface area contributed by atoms with Crippen molar-refractivity contribution in [2.24, 2.45) is 0 Å². The van der Waals surface area contributed by atoms with Crippen LogP contribution >= 0.6 is 0 Å². The lowest BCUT2D eigenvalue weighted by Crippen LogP contribution is -2.53. The minimum atomic E-state index is -1.39. The van der Waals surface area contributed by atoms with Crippen LogP contribution in [0.2, 0.25) is 0 Å². The van der Waals surface area contributed by atoms with Gasteiger partial charge in [0, 0.05) is 6.54 Å². The molecule has 0 fully saturated rings. The zero-order valence-electron chi connectivity index (χ0n) is 37.4. The first kappa shape index (κ1) is 47.8. The first-order valence-electron chi connectivity index (χ1n) is 20.9. The molecule has 0 aromatic heterocycles. The first-order chi connectivity index (χ1) is 30.4. The fourth-order valence-electron chi connectivity index (χ4n) is 6.56. The van der Waals surface area contributed by atoms with Crippen molar-refractivity contribution in [3.05, 3.63) is 179 Å². The van der Waals surface area contributed by atoms with E-state index in [-0.39, 0.29) is 18.5 Å². The van der Waals surface area contributed by atoms with E-state index in [0.29, 0.717) is 27.2 Å². The van der Waals surface area contributed by atoms with Gasteiger partial charge in [-0.15, -0.1) is 0 Å². The largest absolute Gasteiger partial charge is 0.449 e. The normalized spacial score (nSPS) is 14.4. The summed E-state index contributed by atoms with van der Waals surface area (Å²) in [6, 6.07) is 34.3. The molecule has 64 heavy (non-hydrogen) atoms. The highest BCUT2D eigenvalue weighted by atomic mass is 16.6. The van der Waals surface area contributed by atoms with Crippen molar-refractivity contribution in [1.29, 1.82) is 0 Å². The van der Waals surface area contributed by atoms with Gasteiger partial charge in [0.2, 0.25) is 0 Å². The van der Waals surface area contributed by atoms with E-state index in [4.69, 9.17) is 18.9 Å². The lowest BCUT2D eigenvalue weighted by Gasteiger charge is -2.33. The second-order valence-corrected chi connectivity index (χ2v) is 16.9. The number of nitrogens with zero attached hydrogens (tertiary/aromatic N) is 2. The third kappa shape index (κ3) is 12.9. The molecule has 13 heteroatoms. The number of carbonyl (C=O) groups excluding carboxylic acids is 6. The first-order valence-corrected chi connectivity index (χ1v) is 20.9. The van der Waals surface area contributed by atoms with Gasteiger partial charge in [0.25, 0.3) is 11.8 Å². The monoisotopic (exact) mass is 869 g/mol. The molecule has 0 unspecified atom stereocenters. The second kappa shape index (κ2) is 21.2. The molecular formula is C51H55N3O10. The smallest absolute Gasteiger partial charge is 0.422 e. The maximum absolute atomic E-state index is 14.9. The van der Waals surface area contributed by atoms with Crippen molar-refractivity contribution >= 4 is 35.9 Å². The Labute approximate surface area is 374 Å². The summed E-state index contributed by atoms with van der Waals surface area (Å²) in [6.07, 6.45) is -0.0715. The molecule has 334 valence electrons. The molecule has 1 atom stereocenters. The van der Waals surface area contributed by atoms with Crippen molar-refractivity contribution < 1.29 is 47.7 Å². The number of hydrogen-bond acceptors (Lipinski definition) is 10. The third-order valence-electron chi connectivity index (χ3n) is 9.61. The van der Waals surface area contributed by atoms with Crippen molar-refractivity contribution in [3.8, 4) is 0 Å². The molecule has 1 N–H and O–H groups in total. The Bertz CT molecular complexity index is 2300. The van der Waals surface area contributed by atoms with E-state index >= 15 is 0 Å². The number of allylic oxidation sites excluding steroid dienone is 1. The lowest BCUT2D eigenvalue weighted by atomic mass is 10.0. The number of benzene rings is 4. The van der Waals surface area contributed by atoms with Gasteiger partial charge in [-0.2, -0.15) is 0 Å². The number of esters is 2. The minimum absolute atomic E-state index is 0.0245. The number of ether oxygens (including phenoxy) is 4. The van der Waals surface area contributed by atoms with Crippen LogP contribution in [-0.4, -0.2) is 69.5 Å². The van der Waals surface area contributed by atoms with Gasteiger partial charge in [-0.3, -0.25) is 14.5 Å². The topological polar surface area (TPSA) is 158 Å². The third-order valence-corrected chi connectivity index (χ3v) is 9.61. The van der Waals surface area contributed by atoms with Crippen molar-refractivity contribution in [3.63, 3.8) is 0 Å². The summed E-state index contributed by atoms with van der Waals surface area (Å²) in [5.41, 5.74) is -0.571. The molecule has 0 aliphatic carbocycles. The molecule has 1 aliphatic rings. The molecule has 4 aromatic rings. The standard InChI is InChI=1S/C51H55N3O10/c1-9-34(2)42(54(49(60)64-51(6,7)8)46(57)40-31-22-32-53(40)48(59)63-50(3,4)5)45(56)52-39(47(58)62-44(37-27-18-12-19-28-37)38-29-20-13-21-30-38)33-41(55)61-43(35-23-14-10-15-24-35)36-25-16-11-17-26-36/h10-31,33,40,43-44H,9,32H2,1-8H3,(H,52,56)/b39-33+,42-34-/t40-/m0/s1. The molecule has 0 saturated heterocycles. The van der Waals surface area contributed by atoms with Crippen LogP contribution in [0.3, 0.4) is 0 Å². The summed E-state index contributed by atoms with van der Waals surface area (Å²) in [5, 5.41) is 2.50. The van der Waals surface area contributed by atoms with Gasteiger partial charge in [0.05, 0.1) is 6.08 Å². The van der Waals surface area contributed by atoms with Crippen LogP contribution in [0.4, 0.5) is 9.59 Å². The van der Waals surface area contributed by atoms with E-state index in [1.165, 1.54) is 13.0 Å². The Morgan fingerprint density at radius 1 is 0.688 bits per heavy atom. The quantitative estimate of drug-likeness (QED) is 0.0594. The lowest BCUT2D eigenvalue weighted by molar-refractivity contribution is -0.146. The van der Waals surface area contributed by atoms with Gasteiger partial charge in [-0.25, -0.2) is 24.1 Å². The van der Waals surface area contributed by atoms with Crippen LogP contribution in [0.5, 0.6) is 0 Å². The highest BCUT2D eigenvalue weighted by Gasteiger charge is 2.43. The van der Waals surface area contributed by atoms with Crippen molar-refractivity contribution in [2.75, 3.05) is 6.54 Å². The summed E-state index contributed by atoms with van der Waals surface area (Å²) in [7, 11) is 0. The van der Waals surface area contributed by atoms with Gasteiger partial charge in [-0.05, 0) is 82.7 Å². The van der Waals surface area contributed by atoms with E-state index in [9.17, 15) is 28.8 Å². The number of imide groups is 1. The molecule has 5 rings (SSSR count). The van der Waals surface area contributed by atoms with Crippen LogP contribution in [0.25, 0.3) is 0 Å². The van der Waals surface area contributed by atoms with E-state index in [1.807, 2.05) is 12.1 Å². The Kier molecular flexibility index (Phi) is 15.8. The predicted molar refractivity (Wildman–Crippen MR) is 240 cm³/mol. The average molecular weight is 870 g/mol. The molecule has 0 bridgehead atoms. The molecule has 13 nitrogen and oxygen atoms in total. The van der Waals surface area contributed by atoms with E-state index < -0.39 is 76.8 Å². The zero-order valence-corrected chi connectivity index (χ0v) is 37.4. The van der Waals surface area contributed by atoms with E-state index in [2.05, 4.69) is 5.32 Å². The molecule has 0 radical (unpaired) electrons. The second-order valence-electron chi connectivity index (χ2n) is 16.9. The summed E-state index contributed by atoms with van der Waals surface area (Å²) >= 11 is 0. The molecule has 1 heterocycles. The molecule has 1 aliphatic heterocycles. The Balaban J connectivity index is 1.60. The SMILES string of the molecule is CC/C(C)=C(/C(=O)N/C(=C/C(=O)OC(c1ccccc1)c1ccccc1)C(=O)OC(c1ccccc1)c1ccccc1)N(C(=O)OC(C)(C)C)C(=O)[C@@H]1C=CCN1C(=O)OC(C)(C)C. The van der Waals surface area contributed by atoms with Gasteiger partial charge < -0.3 is 24.3 Å². The van der Waals surface area contributed by atoms with Crippen LogP contribution in [0.15, 0.2) is 157 Å². The van der Waals surface area contributed by atoms with Gasteiger partial charge in [0.15, 0.2) is 12.2 Å². The van der Waals surface area contributed by atoms with Crippen molar-refractivity contribution in [2.45, 2.75) is 91.3 Å². The number of rotatable bonds is 13. The number of amides is 4. The van der Waals surface area contributed by atoms with Crippen LogP contribution in [0.1, 0.15) is 96.3 Å². The fraction of sp³-hybridized carbons (Fsp3) is 0.294. The summed E-state index contributed by atoms with van der Waals surface area (Å²) in [5.74, 6) is -4.32. The highest BCUT2D eigenvalue weighted by molar-refractivity contribution is 6.10. The molecular weight excluding hydrogens is 815 g/mol. The van der Waals surface area contributed by atoms with Crippen LogP contribution in [0, 0.1) is 0 Å². The highest BCUT2D eigenvalue weighted by Crippen LogP contribution is 2.30. The minimum Gasteiger partial charge on any atom is -0.449 e. The van der Waals surface area contributed by atoms with Gasteiger partial charge in [-0.1, -0.05) is 140 Å². The van der Waals surface area contributed by atoms with Crippen LogP contribution in [-0.2, 0) is 38.1 Å². The molecule has 0 spiro atoms. The Morgan fingerprint density at radius 2 is 1.12 bits per heavy atom. The average Bonchev–Trinajstić information content (AvgIpc) is 3.76. The molecule has 0 saturated carbocycles. The zero-order chi connectivity index (χ0) is 46.6. The summed E-state index contributed by atoms with van der Waals surface area (Å²) < 4.78 is 23.4. The maximum Gasteiger partial charge on any atom is 0.422 e. The molecule has 4 aromatic carbocycles. The summed E-state index contributed by atoms with van der Waals surface area (Å²) in [4.78, 5) is 87.4. The van der Waals surface area contributed by atoms with E-state index in [0.717, 1.165) is 11.0 Å². The van der Waals surface area contributed by atoms with Gasteiger partial charge >= 0.3 is 24.1 Å². The van der Waals surface area contributed by atoms with Crippen molar-refractivity contribution in [1.82, 2.24) is 15.1 Å². The number of carbonyl (C=O) groups is 6. The number of hydrogen-bond donors (Lipinski definition) is 1. The van der Waals surface area contributed by atoms with E-state index in [1.54, 1.807) is 164 Å². The fourth-order valence-corrected chi connectivity index (χ4v) is 6.56. The molecule has 4 amide bonds. The number of nitrogens with one attached hydrogen (secondary N) is 1. The Hall–Kier alpha value is -7.28. The summed E-state index contributed by atoms with van der Waals surface area (Å²) in [6.45, 7) is 13.0. The Morgan fingerprint density at radius 3 is 1.55 bits per heavy atom. The van der Waals surface area contributed by atoms with Crippen LogP contribution < -0.4 is 5.32 Å². The van der Waals surface area contributed by atoms with Gasteiger partial charge in [0.1, 0.15) is 28.6 Å². The predicted octanol–water partition coefficient (Wildman–Crippen LogP) is 9.28. The maximum atomic E-state index is 14.9.